The molecule has 0 saturated carbocycles. The molecule has 1 amide bonds. The number of halogens is 1. The highest BCUT2D eigenvalue weighted by atomic mass is 19.1. The molecule has 1 heterocycles. The molecule has 20 heavy (non-hydrogen) atoms. The van der Waals surface area contributed by atoms with Crippen molar-refractivity contribution in [3.05, 3.63) is 35.1 Å². The van der Waals surface area contributed by atoms with Gasteiger partial charge in [-0.15, -0.1) is 0 Å². The van der Waals surface area contributed by atoms with Crippen molar-refractivity contribution >= 4 is 5.91 Å². The Labute approximate surface area is 117 Å². The maximum absolute atomic E-state index is 13.6. The average molecular weight is 281 g/mol. The Hall–Kier alpha value is -1.50. The SMILES string of the molecule is CN1CCOC(CNCc2cc(C(N)=O)ccc2F)C1. The van der Waals surface area contributed by atoms with Crippen LogP contribution in [0.5, 0.6) is 0 Å². The predicted octanol–water partition coefficient (Wildman–Crippen LogP) is 0.345. The number of rotatable bonds is 5. The fourth-order valence-electron chi connectivity index (χ4n) is 2.22. The number of hydrogen-bond acceptors (Lipinski definition) is 4. The van der Waals surface area contributed by atoms with Crippen LogP contribution >= 0.6 is 0 Å². The van der Waals surface area contributed by atoms with Crippen molar-refractivity contribution in [2.75, 3.05) is 33.3 Å². The van der Waals surface area contributed by atoms with E-state index in [1.165, 1.54) is 18.2 Å². The van der Waals surface area contributed by atoms with E-state index in [4.69, 9.17) is 10.5 Å². The Morgan fingerprint density at radius 2 is 2.40 bits per heavy atom. The number of carbonyl (C=O) groups is 1. The molecule has 1 fully saturated rings. The summed E-state index contributed by atoms with van der Waals surface area (Å²) in [6, 6.07) is 4.14. The molecule has 1 saturated heterocycles. The Morgan fingerprint density at radius 1 is 1.60 bits per heavy atom. The third-order valence-electron chi connectivity index (χ3n) is 3.36. The van der Waals surface area contributed by atoms with Crippen LogP contribution in [0.2, 0.25) is 0 Å². The minimum Gasteiger partial charge on any atom is -0.374 e. The van der Waals surface area contributed by atoms with E-state index in [0.29, 0.717) is 30.8 Å². The summed E-state index contributed by atoms with van der Waals surface area (Å²) in [5.74, 6) is -0.896. The number of hydrogen-bond donors (Lipinski definition) is 2. The molecule has 1 aromatic rings. The third-order valence-corrected chi connectivity index (χ3v) is 3.36. The molecule has 6 heteroatoms. The molecule has 2 rings (SSSR count). The molecule has 5 nitrogen and oxygen atoms in total. The standard InChI is InChI=1S/C14H20FN3O2/c1-18-4-5-20-12(9-18)8-17-7-11-6-10(14(16)19)2-3-13(11)15/h2-3,6,12,17H,4-5,7-9H2,1H3,(H2,16,19). The molecule has 1 unspecified atom stereocenters. The minimum absolute atomic E-state index is 0.108. The van der Waals surface area contributed by atoms with E-state index in [1.54, 1.807) is 0 Å². The molecule has 1 aliphatic heterocycles. The van der Waals surface area contributed by atoms with Crippen molar-refractivity contribution in [1.29, 1.82) is 0 Å². The third kappa shape index (κ3) is 4.00. The van der Waals surface area contributed by atoms with Crippen LogP contribution in [0.15, 0.2) is 18.2 Å². The highest BCUT2D eigenvalue weighted by Gasteiger charge is 2.17. The van der Waals surface area contributed by atoms with Gasteiger partial charge in [-0.1, -0.05) is 0 Å². The Bertz CT molecular complexity index is 481. The van der Waals surface area contributed by atoms with Crippen molar-refractivity contribution in [2.45, 2.75) is 12.6 Å². The quantitative estimate of drug-likeness (QED) is 0.817. The molecule has 0 spiro atoms. The van der Waals surface area contributed by atoms with Crippen molar-refractivity contribution < 1.29 is 13.9 Å². The number of morpholine rings is 1. The van der Waals surface area contributed by atoms with Crippen LogP contribution in [0.1, 0.15) is 15.9 Å². The van der Waals surface area contributed by atoms with Gasteiger partial charge in [0, 0.05) is 37.3 Å². The minimum atomic E-state index is -0.552. The monoisotopic (exact) mass is 281 g/mol. The fourth-order valence-corrected chi connectivity index (χ4v) is 2.22. The topological polar surface area (TPSA) is 67.6 Å². The van der Waals surface area contributed by atoms with E-state index in [2.05, 4.69) is 10.2 Å². The number of nitrogens with zero attached hydrogens (tertiary/aromatic N) is 1. The molecule has 1 aromatic carbocycles. The maximum atomic E-state index is 13.6. The van der Waals surface area contributed by atoms with E-state index >= 15 is 0 Å². The lowest BCUT2D eigenvalue weighted by Crippen LogP contribution is -2.44. The number of nitrogens with one attached hydrogen (secondary N) is 1. The molecule has 0 aliphatic carbocycles. The summed E-state index contributed by atoms with van der Waals surface area (Å²) in [6.07, 6.45) is 0.108. The van der Waals surface area contributed by atoms with Crippen molar-refractivity contribution in [2.24, 2.45) is 5.73 Å². The summed E-state index contributed by atoms with van der Waals surface area (Å²) >= 11 is 0. The second-order valence-corrected chi connectivity index (χ2v) is 5.06. The van der Waals surface area contributed by atoms with Crippen LogP contribution < -0.4 is 11.1 Å². The van der Waals surface area contributed by atoms with Crippen LogP contribution in [0, 0.1) is 5.82 Å². The smallest absolute Gasteiger partial charge is 0.248 e. The molecule has 1 atom stereocenters. The highest BCUT2D eigenvalue weighted by Crippen LogP contribution is 2.10. The van der Waals surface area contributed by atoms with Crippen LogP contribution in [0.3, 0.4) is 0 Å². The number of nitrogens with two attached hydrogens (primary N) is 1. The summed E-state index contributed by atoms with van der Waals surface area (Å²) in [4.78, 5) is 13.3. The summed E-state index contributed by atoms with van der Waals surface area (Å²) in [7, 11) is 2.05. The second-order valence-electron chi connectivity index (χ2n) is 5.06. The predicted molar refractivity (Wildman–Crippen MR) is 73.9 cm³/mol. The molecule has 3 N–H and O–H groups in total. The number of amides is 1. The zero-order valence-corrected chi connectivity index (χ0v) is 11.6. The second kappa shape index (κ2) is 6.78. The van der Waals surface area contributed by atoms with Gasteiger partial charge in [0.05, 0.1) is 12.7 Å². The summed E-state index contributed by atoms with van der Waals surface area (Å²) in [5.41, 5.74) is 5.94. The van der Waals surface area contributed by atoms with Gasteiger partial charge < -0.3 is 20.7 Å². The van der Waals surface area contributed by atoms with Crippen LogP contribution in [-0.2, 0) is 11.3 Å². The van der Waals surface area contributed by atoms with Gasteiger partial charge in [0.25, 0.3) is 0 Å². The van der Waals surface area contributed by atoms with E-state index in [1.807, 2.05) is 7.05 Å². The zero-order chi connectivity index (χ0) is 14.5. The lowest BCUT2D eigenvalue weighted by atomic mass is 10.1. The number of likely N-dealkylation sites (N-methyl/N-ethyl adjacent to an activating group) is 1. The van der Waals surface area contributed by atoms with Crippen LogP contribution in [-0.4, -0.2) is 50.2 Å². The first-order chi connectivity index (χ1) is 9.56. The zero-order valence-electron chi connectivity index (χ0n) is 11.6. The maximum Gasteiger partial charge on any atom is 0.248 e. The number of ether oxygens (including phenoxy) is 1. The van der Waals surface area contributed by atoms with Gasteiger partial charge in [0.15, 0.2) is 0 Å². The first-order valence-electron chi connectivity index (χ1n) is 6.65. The van der Waals surface area contributed by atoms with Gasteiger partial charge in [-0.05, 0) is 25.2 Å². The number of carbonyl (C=O) groups excluding carboxylic acids is 1. The van der Waals surface area contributed by atoms with E-state index in [-0.39, 0.29) is 11.9 Å². The van der Waals surface area contributed by atoms with Gasteiger partial charge >= 0.3 is 0 Å². The first-order valence-corrected chi connectivity index (χ1v) is 6.65. The molecular weight excluding hydrogens is 261 g/mol. The van der Waals surface area contributed by atoms with Crippen molar-refractivity contribution in [3.63, 3.8) is 0 Å². The molecule has 0 bridgehead atoms. The average Bonchev–Trinajstić information content (AvgIpc) is 2.40. The number of benzene rings is 1. The Kier molecular flexibility index (Phi) is 5.05. The van der Waals surface area contributed by atoms with Crippen molar-refractivity contribution in [1.82, 2.24) is 10.2 Å². The van der Waals surface area contributed by atoms with Gasteiger partial charge in [-0.2, -0.15) is 0 Å². The summed E-state index contributed by atoms with van der Waals surface area (Å²) in [5, 5.41) is 3.16. The normalized spacial score (nSPS) is 20.0. The molecule has 110 valence electrons. The van der Waals surface area contributed by atoms with Gasteiger partial charge in [0.2, 0.25) is 5.91 Å². The van der Waals surface area contributed by atoms with Gasteiger partial charge in [-0.3, -0.25) is 4.79 Å². The molecule has 0 radical (unpaired) electrons. The van der Waals surface area contributed by atoms with Crippen molar-refractivity contribution in [3.8, 4) is 0 Å². The molecule has 0 aromatic heterocycles. The molecular formula is C14H20FN3O2. The fraction of sp³-hybridized carbons (Fsp3) is 0.500. The largest absolute Gasteiger partial charge is 0.374 e. The summed E-state index contributed by atoms with van der Waals surface area (Å²) in [6.45, 7) is 3.50. The van der Waals surface area contributed by atoms with Gasteiger partial charge in [0.1, 0.15) is 5.82 Å². The Balaban J connectivity index is 1.87. The van der Waals surface area contributed by atoms with Crippen LogP contribution in [0.4, 0.5) is 4.39 Å². The summed E-state index contributed by atoms with van der Waals surface area (Å²) < 4.78 is 19.2. The number of primary amides is 1. The lowest BCUT2D eigenvalue weighted by molar-refractivity contribution is -0.0182. The van der Waals surface area contributed by atoms with Crippen LogP contribution in [0.25, 0.3) is 0 Å². The molecule has 1 aliphatic rings. The lowest BCUT2D eigenvalue weighted by Gasteiger charge is -2.30. The van der Waals surface area contributed by atoms with E-state index < -0.39 is 5.91 Å². The van der Waals surface area contributed by atoms with E-state index in [9.17, 15) is 9.18 Å². The van der Waals surface area contributed by atoms with E-state index in [0.717, 1.165) is 13.1 Å². The highest BCUT2D eigenvalue weighted by molar-refractivity contribution is 5.92. The first kappa shape index (κ1) is 14.9. The Morgan fingerprint density at radius 3 is 3.10 bits per heavy atom. The van der Waals surface area contributed by atoms with Gasteiger partial charge in [-0.25, -0.2) is 4.39 Å².